The Morgan fingerprint density at radius 1 is 1.22 bits per heavy atom. The standard InChI is InChI=1S/C15H23NO2/c1-11(16-14(17)15(2,3)4)13(18-5)12-9-7-6-8-10-12/h6-11,13H,1-5H3,(H,16,17)/t11-,13-/m0/s1. The van der Waals surface area contributed by atoms with Crippen molar-refractivity contribution in [2.45, 2.75) is 39.8 Å². The summed E-state index contributed by atoms with van der Waals surface area (Å²) >= 11 is 0. The molecule has 1 rings (SSSR count). The molecule has 0 radical (unpaired) electrons. The van der Waals surface area contributed by atoms with Crippen LogP contribution in [-0.4, -0.2) is 19.1 Å². The lowest BCUT2D eigenvalue weighted by Gasteiger charge is -2.27. The average molecular weight is 249 g/mol. The van der Waals surface area contributed by atoms with Crippen LogP contribution >= 0.6 is 0 Å². The molecular formula is C15H23NO2. The van der Waals surface area contributed by atoms with Crippen LogP contribution in [0.5, 0.6) is 0 Å². The summed E-state index contributed by atoms with van der Waals surface area (Å²) in [4.78, 5) is 12.0. The number of amides is 1. The van der Waals surface area contributed by atoms with Crippen molar-refractivity contribution in [1.29, 1.82) is 0 Å². The van der Waals surface area contributed by atoms with E-state index in [-0.39, 0.29) is 23.5 Å². The quantitative estimate of drug-likeness (QED) is 0.891. The van der Waals surface area contributed by atoms with Crippen LogP contribution in [-0.2, 0) is 9.53 Å². The molecule has 2 atom stereocenters. The molecule has 0 aliphatic carbocycles. The molecule has 1 amide bonds. The predicted octanol–water partition coefficient (Wildman–Crippen LogP) is 2.92. The monoisotopic (exact) mass is 249 g/mol. The lowest BCUT2D eigenvalue weighted by molar-refractivity contribution is -0.130. The maximum atomic E-state index is 12.0. The topological polar surface area (TPSA) is 38.3 Å². The fourth-order valence-electron chi connectivity index (χ4n) is 1.77. The Morgan fingerprint density at radius 3 is 2.22 bits per heavy atom. The summed E-state index contributed by atoms with van der Waals surface area (Å²) in [5.41, 5.74) is 0.685. The Labute approximate surface area is 110 Å². The third kappa shape index (κ3) is 3.84. The molecule has 1 N–H and O–H groups in total. The van der Waals surface area contributed by atoms with Crippen molar-refractivity contribution in [3.63, 3.8) is 0 Å². The molecule has 0 aliphatic rings. The molecule has 0 aromatic heterocycles. The number of rotatable bonds is 4. The van der Waals surface area contributed by atoms with Gasteiger partial charge in [-0.3, -0.25) is 4.79 Å². The van der Waals surface area contributed by atoms with E-state index in [0.717, 1.165) is 5.56 Å². The summed E-state index contributed by atoms with van der Waals surface area (Å²) in [5.74, 6) is 0.0352. The van der Waals surface area contributed by atoms with Gasteiger partial charge in [-0.05, 0) is 12.5 Å². The minimum absolute atomic E-state index is 0.0352. The number of methoxy groups -OCH3 is 1. The van der Waals surface area contributed by atoms with Gasteiger partial charge in [0.25, 0.3) is 0 Å². The molecule has 0 bridgehead atoms. The molecular weight excluding hydrogens is 226 g/mol. The minimum atomic E-state index is -0.386. The SMILES string of the molecule is CO[C@H](c1ccccc1)[C@H](C)NC(=O)C(C)(C)C. The van der Waals surface area contributed by atoms with Gasteiger partial charge in [0, 0.05) is 12.5 Å². The summed E-state index contributed by atoms with van der Waals surface area (Å²) in [6.07, 6.45) is -0.127. The molecule has 1 aromatic carbocycles. The van der Waals surface area contributed by atoms with Gasteiger partial charge < -0.3 is 10.1 Å². The fraction of sp³-hybridized carbons (Fsp3) is 0.533. The van der Waals surface area contributed by atoms with E-state index in [9.17, 15) is 4.79 Å². The zero-order chi connectivity index (χ0) is 13.8. The van der Waals surface area contributed by atoms with Gasteiger partial charge in [0.05, 0.1) is 6.04 Å². The second kappa shape index (κ2) is 6.01. The van der Waals surface area contributed by atoms with Crippen molar-refractivity contribution in [2.24, 2.45) is 5.41 Å². The van der Waals surface area contributed by atoms with E-state index in [1.165, 1.54) is 0 Å². The van der Waals surface area contributed by atoms with E-state index in [2.05, 4.69) is 5.32 Å². The van der Waals surface area contributed by atoms with Crippen LogP contribution < -0.4 is 5.32 Å². The number of benzene rings is 1. The number of hydrogen-bond acceptors (Lipinski definition) is 2. The zero-order valence-electron chi connectivity index (χ0n) is 11.9. The number of ether oxygens (including phenoxy) is 1. The van der Waals surface area contributed by atoms with Gasteiger partial charge in [-0.15, -0.1) is 0 Å². The Balaban J connectivity index is 2.75. The van der Waals surface area contributed by atoms with E-state index in [1.54, 1.807) is 7.11 Å². The normalized spacial score (nSPS) is 14.9. The number of nitrogens with one attached hydrogen (secondary N) is 1. The van der Waals surface area contributed by atoms with Crippen molar-refractivity contribution in [1.82, 2.24) is 5.32 Å². The highest BCUT2D eigenvalue weighted by molar-refractivity contribution is 5.81. The smallest absolute Gasteiger partial charge is 0.225 e. The van der Waals surface area contributed by atoms with Gasteiger partial charge in [-0.1, -0.05) is 51.1 Å². The van der Waals surface area contributed by atoms with Crippen molar-refractivity contribution < 1.29 is 9.53 Å². The van der Waals surface area contributed by atoms with Crippen LogP contribution in [0.4, 0.5) is 0 Å². The minimum Gasteiger partial charge on any atom is -0.375 e. The highest BCUT2D eigenvalue weighted by Gasteiger charge is 2.26. The van der Waals surface area contributed by atoms with Crippen LogP contribution in [0.2, 0.25) is 0 Å². The van der Waals surface area contributed by atoms with Crippen LogP contribution in [0.3, 0.4) is 0 Å². The van der Waals surface area contributed by atoms with Crippen molar-refractivity contribution in [3.8, 4) is 0 Å². The second-order valence-electron chi connectivity index (χ2n) is 5.58. The summed E-state index contributed by atoms with van der Waals surface area (Å²) in [5, 5.41) is 3.01. The summed E-state index contributed by atoms with van der Waals surface area (Å²) in [6, 6.07) is 9.86. The second-order valence-corrected chi connectivity index (χ2v) is 5.58. The highest BCUT2D eigenvalue weighted by Crippen LogP contribution is 2.21. The molecule has 18 heavy (non-hydrogen) atoms. The maximum absolute atomic E-state index is 12.0. The van der Waals surface area contributed by atoms with Crippen LogP contribution in [0.15, 0.2) is 30.3 Å². The molecule has 1 aromatic rings. The van der Waals surface area contributed by atoms with E-state index in [0.29, 0.717) is 0 Å². The van der Waals surface area contributed by atoms with Crippen molar-refractivity contribution in [3.05, 3.63) is 35.9 Å². The third-order valence-corrected chi connectivity index (χ3v) is 2.88. The van der Waals surface area contributed by atoms with Gasteiger partial charge in [-0.2, -0.15) is 0 Å². The van der Waals surface area contributed by atoms with Crippen LogP contribution in [0, 0.1) is 5.41 Å². The first-order valence-corrected chi connectivity index (χ1v) is 6.25. The molecule has 0 aliphatic heterocycles. The molecule has 0 spiro atoms. The van der Waals surface area contributed by atoms with Crippen LogP contribution in [0.25, 0.3) is 0 Å². The summed E-state index contributed by atoms with van der Waals surface area (Å²) in [6.45, 7) is 7.67. The Bertz CT molecular complexity index is 381. The fourth-order valence-corrected chi connectivity index (χ4v) is 1.77. The van der Waals surface area contributed by atoms with Gasteiger partial charge in [0.1, 0.15) is 6.10 Å². The van der Waals surface area contributed by atoms with Gasteiger partial charge in [0.15, 0.2) is 0 Å². The largest absolute Gasteiger partial charge is 0.375 e. The first kappa shape index (κ1) is 14.7. The van der Waals surface area contributed by atoms with Gasteiger partial charge in [-0.25, -0.2) is 0 Å². The van der Waals surface area contributed by atoms with Crippen molar-refractivity contribution >= 4 is 5.91 Å². The molecule has 0 unspecified atom stereocenters. The zero-order valence-corrected chi connectivity index (χ0v) is 11.9. The molecule has 0 saturated heterocycles. The Hall–Kier alpha value is -1.35. The lowest BCUT2D eigenvalue weighted by Crippen LogP contribution is -2.43. The average Bonchev–Trinajstić information content (AvgIpc) is 2.30. The number of carbonyl (C=O) groups is 1. The van der Waals surface area contributed by atoms with Crippen molar-refractivity contribution in [2.75, 3.05) is 7.11 Å². The van der Waals surface area contributed by atoms with E-state index in [4.69, 9.17) is 4.74 Å². The highest BCUT2D eigenvalue weighted by atomic mass is 16.5. The predicted molar refractivity (Wildman–Crippen MR) is 73.3 cm³/mol. The van der Waals surface area contributed by atoms with E-state index in [1.807, 2.05) is 58.0 Å². The van der Waals surface area contributed by atoms with E-state index < -0.39 is 0 Å². The maximum Gasteiger partial charge on any atom is 0.225 e. The summed E-state index contributed by atoms with van der Waals surface area (Å²) in [7, 11) is 1.66. The Kier molecular flexibility index (Phi) is 4.91. The third-order valence-electron chi connectivity index (χ3n) is 2.88. The molecule has 100 valence electrons. The number of hydrogen-bond donors (Lipinski definition) is 1. The number of carbonyl (C=O) groups excluding carboxylic acids is 1. The molecule has 3 nitrogen and oxygen atoms in total. The molecule has 0 saturated carbocycles. The first-order valence-electron chi connectivity index (χ1n) is 6.25. The molecule has 3 heteroatoms. The van der Waals surface area contributed by atoms with Gasteiger partial charge in [0.2, 0.25) is 5.91 Å². The first-order chi connectivity index (χ1) is 8.36. The lowest BCUT2D eigenvalue weighted by atomic mass is 9.94. The summed E-state index contributed by atoms with van der Waals surface area (Å²) < 4.78 is 5.50. The van der Waals surface area contributed by atoms with Crippen LogP contribution in [0.1, 0.15) is 39.4 Å². The van der Waals surface area contributed by atoms with E-state index >= 15 is 0 Å². The Morgan fingerprint density at radius 2 is 1.78 bits per heavy atom. The molecule has 0 fully saturated rings. The van der Waals surface area contributed by atoms with Gasteiger partial charge >= 0.3 is 0 Å². The molecule has 0 heterocycles.